The number of nitrogens with one attached hydrogen (secondary N) is 1. The van der Waals surface area contributed by atoms with E-state index in [2.05, 4.69) is 25.9 Å². The zero-order valence-corrected chi connectivity index (χ0v) is 10.6. The lowest BCUT2D eigenvalue weighted by molar-refractivity contribution is 0.460. The lowest BCUT2D eigenvalue weighted by Crippen LogP contribution is -2.13. The third-order valence-electron chi connectivity index (χ3n) is 2.20. The Morgan fingerprint density at radius 1 is 1.47 bits per heavy atom. The number of hydrogen-bond acceptors (Lipinski definition) is 4. The number of benzene rings is 1. The predicted octanol–water partition coefficient (Wildman–Crippen LogP) is 2.22. The molecular formula is C11H10BrN3O2. The van der Waals surface area contributed by atoms with Crippen LogP contribution in [-0.4, -0.2) is 9.97 Å². The van der Waals surface area contributed by atoms with Crippen LogP contribution in [0.1, 0.15) is 5.56 Å². The summed E-state index contributed by atoms with van der Waals surface area (Å²) in [6, 6.07) is 5.52. The fraction of sp³-hybridized carbons (Fsp3) is 0.0909. The van der Waals surface area contributed by atoms with Crippen molar-refractivity contribution < 1.29 is 4.74 Å². The SMILES string of the molecule is Cc1cc(Br)ccc1Oc1nc[nH]c(=O)c1N. The van der Waals surface area contributed by atoms with E-state index < -0.39 is 5.56 Å². The quantitative estimate of drug-likeness (QED) is 0.890. The molecule has 88 valence electrons. The minimum atomic E-state index is -0.412. The molecule has 0 aliphatic heterocycles. The highest BCUT2D eigenvalue weighted by atomic mass is 79.9. The summed E-state index contributed by atoms with van der Waals surface area (Å²) in [5.41, 5.74) is 6.04. The molecule has 5 nitrogen and oxygen atoms in total. The maximum Gasteiger partial charge on any atom is 0.277 e. The first-order valence-electron chi connectivity index (χ1n) is 4.85. The van der Waals surface area contributed by atoms with Gasteiger partial charge in [-0.3, -0.25) is 4.79 Å². The number of aromatic nitrogens is 2. The average molecular weight is 296 g/mol. The molecule has 6 heteroatoms. The van der Waals surface area contributed by atoms with Crippen molar-refractivity contribution >= 4 is 21.6 Å². The Balaban J connectivity index is 2.38. The number of hydrogen-bond donors (Lipinski definition) is 2. The second-order valence-corrected chi connectivity index (χ2v) is 4.38. The Morgan fingerprint density at radius 3 is 2.94 bits per heavy atom. The first kappa shape index (κ1) is 11.7. The van der Waals surface area contributed by atoms with Gasteiger partial charge in [-0.1, -0.05) is 15.9 Å². The molecule has 2 rings (SSSR count). The number of nitrogen functional groups attached to an aromatic ring is 1. The van der Waals surface area contributed by atoms with Crippen LogP contribution in [-0.2, 0) is 0 Å². The molecule has 17 heavy (non-hydrogen) atoms. The van der Waals surface area contributed by atoms with E-state index in [4.69, 9.17) is 10.5 Å². The van der Waals surface area contributed by atoms with Crippen LogP contribution in [0.25, 0.3) is 0 Å². The lowest BCUT2D eigenvalue weighted by atomic mass is 10.2. The van der Waals surface area contributed by atoms with Crippen molar-refractivity contribution in [3.63, 3.8) is 0 Å². The highest BCUT2D eigenvalue weighted by Crippen LogP contribution is 2.27. The molecule has 0 amide bonds. The second kappa shape index (κ2) is 4.58. The van der Waals surface area contributed by atoms with Gasteiger partial charge < -0.3 is 15.5 Å². The summed E-state index contributed by atoms with van der Waals surface area (Å²) in [6.07, 6.45) is 1.25. The fourth-order valence-corrected chi connectivity index (χ4v) is 1.78. The van der Waals surface area contributed by atoms with Gasteiger partial charge in [-0.15, -0.1) is 0 Å². The Labute approximate surface area is 106 Å². The Bertz CT molecular complexity index is 610. The molecule has 0 radical (unpaired) electrons. The highest BCUT2D eigenvalue weighted by Gasteiger charge is 2.08. The van der Waals surface area contributed by atoms with Gasteiger partial charge in [-0.2, -0.15) is 0 Å². The number of aromatic amines is 1. The molecule has 0 saturated heterocycles. The number of anilines is 1. The van der Waals surface area contributed by atoms with Crippen molar-refractivity contribution in [1.82, 2.24) is 9.97 Å². The van der Waals surface area contributed by atoms with E-state index in [0.717, 1.165) is 10.0 Å². The van der Waals surface area contributed by atoms with Crippen LogP contribution in [0.3, 0.4) is 0 Å². The Hall–Kier alpha value is -1.82. The van der Waals surface area contributed by atoms with E-state index in [1.807, 2.05) is 19.1 Å². The molecule has 0 atom stereocenters. The molecule has 0 aliphatic rings. The van der Waals surface area contributed by atoms with Crippen LogP contribution < -0.4 is 16.0 Å². The van der Waals surface area contributed by atoms with E-state index in [9.17, 15) is 4.79 Å². The van der Waals surface area contributed by atoms with Crippen LogP contribution in [0.15, 0.2) is 33.8 Å². The smallest absolute Gasteiger partial charge is 0.277 e. The number of H-pyrrole nitrogens is 1. The molecule has 1 aromatic carbocycles. The van der Waals surface area contributed by atoms with Gasteiger partial charge in [0.05, 0.1) is 6.33 Å². The zero-order valence-electron chi connectivity index (χ0n) is 9.03. The number of nitrogens with two attached hydrogens (primary N) is 1. The van der Waals surface area contributed by atoms with Gasteiger partial charge in [0.15, 0.2) is 5.69 Å². The van der Waals surface area contributed by atoms with Crippen molar-refractivity contribution in [1.29, 1.82) is 0 Å². The minimum absolute atomic E-state index is 0.0326. The van der Waals surface area contributed by atoms with Crippen LogP contribution >= 0.6 is 15.9 Å². The third kappa shape index (κ3) is 2.47. The standard InChI is InChI=1S/C11H10BrN3O2/c1-6-4-7(12)2-3-8(6)17-11-9(13)10(16)14-5-15-11/h2-5H,13H2,1H3,(H,14,15,16). The normalized spacial score (nSPS) is 10.2. The van der Waals surface area contributed by atoms with Crippen molar-refractivity contribution in [3.05, 3.63) is 44.9 Å². The Kier molecular flexibility index (Phi) is 3.14. The maximum absolute atomic E-state index is 11.3. The third-order valence-corrected chi connectivity index (χ3v) is 2.69. The molecule has 3 N–H and O–H groups in total. The van der Waals surface area contributed by atoms with Gasteiger partial charge in [0.2, 0.25) is 5.88 Å². The van der Waals surface area contributed by atoms with Crippen LogP contribution in [0.4, 0.5) is 5.69 Å². The van der Waals surface area contributed by atoms with E-state index >= 15 is 0 Å². The number of nitrogens with zero attached hydrogens (tertiary/aromatic N) is 1. The number of ether oxygens (including phenoxy) is 1. The van der Waals surface area contributed by atoms with E-state index in [1.54, 1.807) is 6.07 Å². The van der Waals surface area contributed by atoms with Gasteiger partial charge in [0.1, 0.15) is 5.75 Å². The molecule has 0 saturated carbocycles. The van der Waals surface area contributed by atoms with Crippen molar-refractivity contribution in [2.24, 2.45) is 0 Å². The maximum atomic E-state index is 11.3. The summed E-state index contributed by atoms with van der Waals surface area (Å²) in [5.74, 6) is 0.720. The van der Waals surface area contributed by atoms with Crippen molar-refractivity contribution in [2.45, 2.75) is 6.92 Å². The summed E-state index contributed by atoms with van der Waals surface area (Å²) < 4.78 is 6.45. The largest absolute Gasteiger partial charge is 0.437 e. The molecule has 0 unspecified atom stereocenters. The second-order valence-electron chi connectivity index (χ2n) is 3.46. The zero-order chi connectivity index (χ0) is 12.4. The molecule has 0 bridgehead atoms. The minimum Gasteiger partial charge on any atom is -0.437 e. The van der Waals surface area contributed by atoms with Gasteiger partial charge in [-0.05, 0) is 30.7 Å². The van der Waals surface area contributed by atoms with E-state index in [0.29, 0.717) is 5.75 Å². The van der Waals surface area contributed by atoms with E-state index in [1.165, 1.54) is 6.33 Å². The summed E-state index contributed by atoms with van der Waals surface area (Å²) in [7, 11) is 0. The summed E-state index contributed by atoms with van der Waals surface area (Å²) >= 11 is 3.36. The fourth-order valence-electron chi connectivity index (χ4n) is 1.31. The molecule has 1 aromatic heterocycles. The molecule has 0 aliphatic carbocycles. The first-order valence-corrected chi connectivity index (χ1v) is 5.64. The van der Waals surface area contributed by atoms with Crippen molar-refractivity contribution in [2.75, 3.05) is 5.73 Å². The lowest BCUT2D eigenvalue weighted by Gasteiger charge is -2.08. The molecular weight excluding hydrogens is 286 g/mol. The molecule has 0 spiro atoms. The topological polar surface area (TPSA) is 81.0 Å². The van der Waals surface area contributed by atoms with Gasteiger partial charge >= 0.3 is 0 Å². The number of rotatable bonds is 2. The van der Waals surface area contributed by atoms with Crippen LogP contribution in [0.2, 0.25) is 0 Å². The molecule has 2 aromatic rings. The van der Waals surface area contributed by atoms with Gasteiger partial charge in [-0.25, -0.2) is 4.98 Å². The summed E-state index contributed by atoms with van der Waals surface area (Å²) in [4.78, 5) is 17.5. The molecule has 1 heterocycles. The van der Waals surface area contributed by atoms with Crippen LogP contribution in [0, 0.1) is 6.92 Å². The monoisotopic (exact) mass is 295 g/mol. The highest BCUT2D eigenvalue weighted by molar-refractivity contribution is 9.10. The van der Waals surface area contributed by atoms with Crippen LogP contribution in [0.5, 0.6) is 11.6 Å². The van der Waals surface area contributed by atoms with Gasteiger partial charge in [0.25, 0.3) is 5.56 Å². The first-order chi connectivity index (χ1) is 8.08. The number of halogens is 1. The summed E-state index contributed by atoms with van der Waals surface area (Å²) in [6.45, 7) is 1.89. The average Bonchev–Trinajstić information content (AvgIpc) is 2.28. The van der Waals surface area contributed by atoms with E-state index in [-0.39, 0.29) is 11.6 Å². The number of aryl methyl sites for hydroxylation is 1. The summed E-state index contributed by atoms with van der Waals surface area (Å²) in [5, 5.41) is 0. The predicted molar refractivity (Wildman–Crippen MR) is 68.2 cm³/mol. The van der Waals surface area contributed by atoms with Crippen molar-refractivity contribution in [3.8, 4) is 11.6 Å². The molecule has 0 fully saturated rings. The Morgan fingerprint density at radius 2 is 2.24 bits per heavy atom. The van der Waals surface area contributed by atoms with Gasteiger partial charge in [0, 0.05) is 4.47 Å².